The van der Waals surface area contributed by atoms with Crippen LogP contribution >= 0.6 is 0 Å². The van der Waals surface area contributed by atoms with Gasteiger partial charge in [0.2, 0.25) is 0 Å². The molecular weight excluding hydrogens is 244 g/mol. The fraction of sp³-hybridized carbons (Fsp3) is 0.389. The Balaban J connectivity index is 1.91. The molecule has 0 spiro atoms. The van der Waals surface area contributed by atoms with Crippen molar-refractivity contribution in [3.63, 3.8) is 0 Å². The Morgan fingerprint density at radius 2 is 2.15 bits per heavy atom. The summed E-state index contributed by atoms with van der Waals surface area (Å²) in [5.74, 6) is 0.755. The molecule has 1 unspecified atom stereocenters. The second-order valence-electron chi connectivity index (χ2n) is 5.70. The first-order valence-corrected chi connectivity index (χ1v) is 7.57. The number of benzene rings is 1. The summed E-state index contributed by atoms with van der Waals surface area (Å²) in [6.45, 7) is 2.15. The Bertz CT molecular complexity index is 587. The van der Waals surface area contributed by atoms with E-state index in [4.69, 9.17) is 5.73 Å². The lowest BCUT2D eigenvalue weighted by Crippen LogP contribution is -2.15. The predicted octanol–water partition coefficient (Wildman–Crippen LogP) is 3.96. The van der Waals surface area contributed by atoms with E-state index in [-0.39, 0.29) is 6.04 Å². The van der Waals surface area contributed by atoms with Crippen LogP contribution in [0.4, 0.5) is 0 Å². The quantitative estimate of drug-likeness (QED) is 0.909. The fourth-order valence-electron chi connectivity index (χ4n) is 2.96. The van der Waals surface area contributed by atoms with E-state index >= 15 is 0 Å². The van der Waals surface area contributed by atoms with E-state index < -0.39 is 0 Å². The molecule has 0 bridgehead atoms. The van der Waals surface area contributed by atoms with Crippen LogP contribution in [-0.4, -0.2) is 4.98 Å². The molecule has 0 radical (unpaired) electrons. The molecule has 2 heteroatoms. The molecule has 1 fully saturated rings. The third-order valence-corrected chi connectivity index (χ3v) is 4.50. The second kappa shape index (κ2) is 5.76. The summed E-state index contributed by atoms with van der Waals surface area (Å²) >= 11 is 0. The van der Waals surface area contributed by atoms with Crippen molar-refractivity contribution in [1.29, 1.82) is 0 Å². The maximum Gasteiger partial charge on any atom is 0.0555 e. The molecule has 1 aromatic heterocycles. The van der Waals surface area contributed by atoms with Gasteiger partial charge in [0.05, 0.1) is 6.04 Å². The fourth-order valence-corrected chi connectivity index (χ4v) is 2.96. The van der Waals surface area contributed by atoms with Crippen LogP contribution in [0, 0.1) is 0 Å². The Hall–Kier alpha value is -1.67. The summed E-state index contributed by atoms with van der Waals surface area (Å²) in [5.41, 5.74) is 11.6. The smallest absolute Gasteiger partial charge is 0.0555 e. The molecule has 20 heavy (non-hydrogen) atoms. The highest BCUT2D eigenvalue weighted by atomic mass is 14.7. The third-order valence-electron chi connectivity index (χ3n) is 4.50. The Morgan fingerprint density at radius 3 is 2.85 bits per heavy atom. The molecule has 1 aliphatic rings. The van der Waals surface area contributed by atoms with E-state index in [1.807, 2.05) is 12.4 Å². The average Bonchev–Trinajstić information content (AvgIpc) is 2.45. The summed E-state index contributed by atoms with van der Waals surface area (Å²) in [4.78, 5) is 4.20. The Kier molecular flexibility index (Phi) is 3.83. The van der Waals surface area contributed by atoms with E-state index in [0.29, 0.717) is 0 Å². The summed E-state index contributed by atoms with van der Waals surface area (Å²) in [6, 6.07) is 10.8. The molecule has 1 heterocycles. The molecule has 2 aromatic rings. The van der Waals surface area contributed by atoms with Crippen LogP contribution < -0.4 is 5.73 Å². The molecule has 1 aliphatic carbocycles. The summed E-state index contributed by atoms with van der Waals surface area (Å²) in [5, 5.41) is 0. The van der Waals surface area contributed by atoms with Crippen molar-refractivity contribution in [2.45, 2.75) is 44.6 Å². The van der Waals surface area contributed by atoms with E-state index in [2.05, 4.69) is 42.2 Å². The minimum absolute atomic E-state index is 0.0482. The normalized spacial score (nSPS) is 16.7. The highest BCUT2D eigenvalue weighted by Crippen LogP contribution is 2.37. The second-order valence-corrected chi connectivity index (χ2v) is 5.70. The van der Waals surface area contributed by atoms with Crippen molar-refractivity contribution in [2.75, 3.05) is 0 Å². The standard InChI is InChI=1S/C18H22N2/c1-2-13-12-20-10-9-17(13)18(19)16-8-4-7-15(11-16)14-5-3-6-14/h4,7-12,14,18H,2-3,5-6,19H2,1H3. The number of nitrogens with two attached hydrogens (primary N) is 1. The first kappa shape index (κ1) is 13.3. The van der Waals surface area contributed by atoms with Crippen LogP contribution in [0.25, 0.3) is 0 Å². The summed E-state index contributed by atoms with van der Waals surface area (Å²) in [6.07, 6.45) is 8.77. The molecule has 3 rings (SSSR count). The van der Waals surface area contributed by atoms with Gasteiger partial charge in [-0.3, -0.25) is 4.98 Å². The van der Waals surface area contributed by atoms with Crippen LogP contribution in [0.2, 0.25) is 0 Å². The largest absolute Gasteiger partial charge is 0.320 e. The average molecular weight is 266 g/mol. The lowest BCUT2D eigenvalue weighted by molar-refractivity contribution is 0.419. The molecule has 0 amide bonds. The monoisotopic (exact) mass is 266 g/mol. The zero-order valence-electron chi connectivity index (χ0n) is 12.0. The van der Waals surface area contributed by atoms with Gasteiger partial charge in [0.1, 0.15) is 0 Å². The summed E-state index contributed by atoms with van der Waals surface area (Å²) in [7, 11) is 0. The van der Waals surface area contributed by atoms with Crippen LogP contribution in [0.5, 0.6) is 0 Å². The maximum atomic E-state index is 6.49. The SMILES string of the molecule is CCc1cnccc1C(N)c1cccc(C2CCC2)c1. The highest BCUT2D eigenvalue weighted by Gasteiger charge is 2.20. The number of aromatic nitrogens is 1. The number of nitrogens with zero attached hydrogens (tertiary/aromatic N) is 1. The molecule has 0 aliphatic heterocycles. The van der Waals surface area contributed by atoms with E-state index in [1.54, 1.807) is 0 Å². The molecule has 2 N–H and O–H groups in total. The molecule has 2 nitrogen and oxygen atoms in total. The van der Waals surface area contributed by atoms with Crippen LogP contribution in [0.1, 0.15) is 60.4 Å². The summed E-state index contributed by atoms with van der Waals surface area (Å²) < 4.78 is 0. The first-order chi connectivity index (χ1) is 9.79. The van der Waals surface area contributed by atoms with Crippen molar-refractivity contribution in [3.8, 4) is 0 Å². The number of hydrogen-bond acceptors (Lipinski definition) is 2. The van der Waals surface area contributed by atoms with Crippen molar-refractivity contribution in [2.24, 2.45) is 5.73 Å². The van der Waals surface area contributed by atoms with Gasteiger partial charge >= 0.3 is 0 Å². The van der Waals surface area contributed by atoms with Crippen LogP contribution in [0.3, 0.4) is 0 Å². The van der Waals surface area contributed by atoms with Gasteiger partial charge < -0.3 is 5.73 Å². The van der Waals surface area contributed by atoms with Crippen molar-refractivity contribution in [1.82, 2.24) is 4.98 Å². The molecule has 1 aromatic carbocycles. The molecule has 1 saturated carbocycles. The van der Waals surface area contributed by atoms with Crippen molar-refractivity contribution < 1.29 is 0 Å². The van der Waals surface area contributed by atoms with E-state index in [1.165, 1.54) is 41.5 Å². The molecule has 1 atom stereocenters. The zero-order valence-corrected chi connectivity index (χ0v) is 12.0. The number of pyridine rings is 1. The number of rotatable bonds is 4. The van der Waals surface area contributed by atoms with Crippen molar-refractivity contribution in [3.05, 3.63) is 65.0 Å². The molecule has 104 valence electrons. The lowest BCUT2D eigenvalue weighted by Gasteiger charge is -2.27. The first-order valence-electron chi connectivity index (χ1n) is 7.57. The predicted molar refractivity (Wildman–Crippen MR) is 82.7 cm³/mol. The maximum absolute atomic E-state index is 6.49. The number of aryl methyl sites for hydroxylation is 1. The molecular formula is C18H22N2. The van der Waals surface area contributed by atoms with Gasteiger partial charge in [-0.15, -0.1) is 0 Å². The van der Waals surface area contributed by atoms with E-state index in [9.17, 15) is 0 Å². The van der Waals surface area contributed by atoms with Crippen LogP contribution in [0.15, 0.2) is 42.7 Å². The minimum Gasteiger partial charge on any atom is -0.320 e. The van der Waals surface area contributed by atoms with Crippen molar-refractivity contribution >= 4 is 0 Å². The van der Waals surface area contributed by atoms with E-state index in [0.717, 1.165) is 12.3 Å². The lowest BCUT2D eigenvalue weighted by atomic mass is 9.79. The van der Waals surface area contributed by atoms with Gasteiger partial charge in [-0.1, -0.05) is 37.6 Å². The van der Waals surface area contributed by atoms with Gasteiger partial charge in [0, 0.05) is 12.4 Å². The molecule has 0 saturated heterocycles. The van der Waals surface area contributed by atoms with Gasteiger partial charge in [0.15, 0.2) is 0 Å². The zero-order chi connectivity index (χ0) is 13.9. The third kappa shape index (κ3) is 2.48. The Morgan fingerprint density at radius 1 is 1.30 bits per heavy atom. The minimum atomic E-state index is -0.0482. The highest BCUT2D eigenvalue weighted by molar-refractivity contribution is 5.38. The van der Waals surface area contributed by atoms with Gasteiger partial charge in [-0.25, -0.2) is 0 Å². The van der Waals surface area contributed by atoms with Gasteiger partial charge in [0.25, 0.3) is 0 Å². The van der Waals surface area contributed by atoms with Crippen LogP contribution in [-0.2, 0) is 6.42 Å². The van der Waals surface area contributed by atoms with Gasteiger partial charge in [-0.05, 0) is 53.5 Å². The van der Waals surface area contributed by atoms with Gasteiger partial charge in [-0.2, -0.15) is 0 Å². The number of hydrogen-bond donors (Lipinski definition) is 1. The topological polar surface area (TPSA) is 38.9 Å². The Labute approximate surface area is 121 Å².